The van der Waals surface area contributed by atoms with Gasteiger partial charge in [-0.1, -0.05) is 5.92 Å². The van der Waals surface area contributed by atoms with Gasteiger partial charge in [-0.3, -0.25) is 4.79 Å². The number of carboxylic acids is 1. The van der Waals surface area contributed by atoms with Crippen molar-refractivity contribution in [1.29, 1.82) is 0 Å². The maximum absolute atomic E-state index is 12.9. The summed E-state index contributed by atoms with van der Waals surface area (Å²) in [6, 6.07) is -0.691. The van der Waals surface area contributed by atoms with Crippen molar-refractivity contribution in [3.8, 4) is 12.3 Å². The number of aliphatic carboxylic acids is 1. The molecule has 0 aromatic carbocycles. The first-order valence-electron chi connectivity index (χ1n) is 6.09. The molecule has 2 N–H and O–H groups in total. The molecule has 0 aromatic rings. The number of halogens is 3. The van der Waals surface area contributed by atoms with Gasteiger partial charge in [-0.25, -0.2) is 4.79 Å². The number of carbonyl (C=O) groups excluding carboxylic acids is 1. The SMILES string of the molecule is C#CCSCCNC(=O)N1CCC(C(=O)O)(C(F)(F)F)C1. The lowest BCUT2D eigenvalue weighted by atomic mass is 9.86. The lowest BCUT2D eigenvalue weighted by Gasteiger charge is -2.27. The monoisotopic (exact) mass is 324 g/mol. The molecule has 1 saturated heterocycles. The Bertz CT molecular complexity index is 450. The van der Waals surface area contributed by atoms with Crippen molar-refractivity contribution in [2.45, 2.75) is 12.6 Å². The van der Waals surface area contributed by atoms with Crippen molar-refractivity contribution in [3.05, 3.63) is 0 Å². The Hall–Kier alpha value is -1.56. The van der Waals surface area contributed by atoms with Gasteiger partial charge < -0.3 is 15.3 Å². The highest BCUT2D eigenvalue weighted by molar-refractivity contribution is 7.99. The topological polar surface area (TPSA) is 69.6 Å². The van der Waals surface area contributed by atoms with Crippen LogP contribution >= 0.6 is 11.8 Å². The largest absolute Gasteiger partial charge is 0.481 e. The van der Waals surface area contributed by atoms with Crippen molar-refractivity contribution in [3.63, 3.8) is 0 Å². The molecule has 1 fully saturated rings. The molecule has 0 aliphatic carbocycles. The minimum absolute atomic E-state index is 0.241. The second-order valence-electron chi connectivity index (χ2n) is 4.55. The summed E-state index contributed by atoms with van der Waals surface area (Å²) >= 11 is 1.40. The van der Waals surface area contributed by atoms with E-state index in [1.807, 2.05) is 0 Å². The van der Waals surface area contributed by atoms with Gasteiger partial charge in [0, 0.05) is 25.4 Å². The molecule has 1 aliphatic heterocycles. The summed E-state index contributed by atoms with van der Waals surface area (Å²) < 4.78 is 38.8. The number of carboxylic acid groups (broad SMARTS) is 1. The molecule has 2 amide bonds. The molecule has 0 aromatic heterocycles. The third-order valence-electron chi connectivity index (χ3n) is 3.22. The number of nitrogens with zero attached hydrogens (tertiary/aromatic N) is 1. The lowest BCUT2D eigenvalue weighted by Crippen LogP contribution is -2.49. The van der Waals surface area contributed by atoms with Gasteiger partial charge >= 0.3 is 18.2 Å². The zero-order valence-electron chi connectivity index (χ0n) is 11.1. The maximum atomic E-state index is 12.9. The van der Waals surface area contributed by atoms with E-state index >= 15 is 0 Å². The van der Waals surface area contributed by atoms with Gasteiger partial charge in [0.15, 0.2) is 5.41 Å². The van der Waals surface area contributed by atoms with E-state index in [1.54, 1.807) is 0 Å². The van der Waals surface area contributed by atoms with Crippen LogP contribution in [0.2, 0.25) is 0 Å². The molecule has 0 radical (unpaired) electrons. The third-order valence-corrected chi connectivity index (χ3v) is 4.08. The van der Waals surface area contributed by atoms with Crippen LogP contribution in [0.1, 0.15) is 6.42 Å². The summed E-state index contributed by atoms with van der Waals surface area (Å²) in [5.74, 6) is 1.47. The summed E-state index contributed by atoms with van der Waals surface area (Å²) in [6.45, 7) is -0.849. The molecule has 0 spiro atoms. The maximum Gasteiger partial charge on any atom is 0.406 e. The zero-order chi connectivity index (χ0) is 16.1. The van der Waals surface area contributed by atoms with E-state index in [4.69, 9.17) is 11.5 Å². The van der Waals surface area contributed by atoms with Crippen LogP contribution < -0.4 is 5.32 Å². The first-order chi connectivity index (χ1) is 9.74. The molecule has 1 unspecified atom stereocenters. The molecule has 5 nitrogen and oxygen atoms in total. The Morgan fingerprint density at radius 1 is 1.48 bits per heavy atom. The predicted molar refractivity (Wildman–Crippen MR) is 71.9 cm³/mol. The standard InChI is InChI=1S/C12H15F3N2O3S/c1-2-6-21-7-4-16-10(20)17-5-3-11(8-17,9(18)19)12(13,14)15/h1H,3-8H2,(H,16,20)(H,18,19). The fraction of sp³-hybridized carbons (Fsp3) is 0.667. The highest BCUT2D eigenvalue weighted by Crippen LogP contribution is 2.45. The number of terminal acetylenes is 1. The Labute approximate surface area is 124 Å². The lowest BCUT2D eigenvalue weighted by molar-refractivity contribution is -0.226. The smallest absolute Gasteiger partial charge is 0.406 e. The van der Waals surface area contributed by atoms with Gasteiger partial charge in [-0.15, -0.1) is 18.2 Å². The van der Waals surface area contributed by atoms with E-state index in [2.05, 4.69) is 11.2 Å². The van der Waals surface area contributed by atoms with E-state index in [1.165, 1.54) is 11.8 Å². The highest BCUT2D eigenvalue weighted by Gasteiger charge is 2.64. The summed E-state index contributed by atoms with van der Waals surface area (Å²) in [7, 11) is 0. The van der Waals surface area contributed by atoms with Gasteiger partial charge in [-0.2, -0.15) is 13.2 Å². The Balaban J connectivity index is 2.55. The van der Waals surface area contributed by atoms with E-state index in [0.717, 1.165) is 4.90 Å². The van der Waals surface area contributed by atoms with Crippen molar-refractivity contribution >= 4 is 23.8 Å². The Kier molecular flexibility index (Phi) is 5.78. The average molecular weight is 324 g/mol. The molecule has 9 heteroatoms. The van der Waals surface area contributed by atoms with E-state index in [9.17, 15) is 22.8 Å². The zero-order valence-corrected chi connectivity index (χ0v) is 11.9. The van der Waals surface area contributed by atoms with Gasteiger partial charge in [0.05, 0.1) is 5.75 Å². The average Bonchev–Trinajstić information content (AvgIpc) is 2.84. The number of hydrogen-bond acceptors (Lipinski definition) is 3. The highest BCUT2D eigenvalue weighted by atomic mass is 32.2. The van der Waals surface area contributed by atoms with Gasteiger partial charge in [0.2, 0.25) is 0 Å². The number of amides is 2. The van der Waals surface area contributed by atoms with Gasteiger partial charge in [0.25, 0.3) is 0 Å². The minimum Gasteiger partial charge on any atom is -0.481 e. The number of rotatable bonds is 5. The summed E-state index contributed by atoms with van der Waals surface area (Å²) in [6.07, 6.45) is -0.486. The second-order valence-corrected chi connectivity index (χ2v) is 5.65. The molecular weight excluding hydrogens is 309 g/mol. The van der Waals surface area contributed by atoms with Crippen LogP contribution in [0.25, 0.3) is 0 Å². The summed E-state index contributed by atoms with van der Waals surface area (Å²) in [4.78, 5) is 23.6. The molecular formula is C12H15F3N2O3S. The fourth-order valence-corrected chi connectivity index (χ4v) is 2.49. The van der Waals surface area contributed by atoms with E-state index < -0.39 is 36.6 Å². The molecule has 1 atom stereocenters. The van der Waals surface area contributed by atoms with E-state index in [0.29, 0.717) is 11.5 Å². The molecule has 0 bridgehead atoms. The first kappa shape index (κ1) is 17.5. The van der Waals surface area contributed by atoms with Gasteiger partial charge in [-0.05, 0) is 6.42 Å². The number of hydrogen-bond donors (Lipinski definition) is 2. The second kappa shape index (κ2) is 6.93. The van der Waals surface area contributed by atoms with Crippen LogP contribution in [-0.2, 0) is 4.79 Å². The van der Waals surface area contributed by atoms with Crippen molar-refractivity contribution in [2.75, 3.05) is 31.1 Å². The normalized spacial score (nSPS) is 21.9. The van der Waals surface area contributed by atoms with Crippen LogP contribution in [0.5, 0.6) is 0 Å². The van der Waals surface area contributed by atoms with Crippen molar-refractivity contribution in [1.82, 2.24) is 10.2 Å². The van der Waals surface area contributed by atoms with Crippen LogP contribution in [0.15, 0.2) is 0 Å². The Morgan fingerprint density at radius 2 is 2.14 bits per heavy atom. The van der Waals surface area contributed by atoms with Crippen LogP contribution in [0.3, 0.4) is 0 Å². The number of thioether (sulfide) groups is 1. The molecule has 1 heterocycles. The van der Waals surface area contributed by atoms with Gasteiger partial charge in [0.1, 0.15) is 0 Å². The minimum atomic E-state index is -4.89. The molecule has 1 rings (SSSR count). The molecule has 0 saturated carbocycles. The number of urea groups is 1. The number of alkyl halides is 3. The molecule has 1 aliphatic rings. The third kappa shape index (κ3) is 3.97. The van der Waals surface area contributed by atoms with Crippen LogP contribution in [0, 0.1) is 17.8 Å². The first-order valence-corrected chi connectivity index (χ1v) is 7.24. The molecule has 21 heavy (non-hydrogen) atoms. The van der Waals surface area contributed by atoms with E-state index in [-0.39, 0.29) is 13.1 Å². The summed E-state index contributed by atoms with van der Waals surface area (Å²) in [5, 5.41) is 11.3. The predicted octanol–water partition coefficient (Wildman–Crippen LogP) is 1.40. The van der Waals surface area contributed by atoms with Crippen LogP contribution in [0.4, 0.5) is 18.0 Å². The molecule has 118 valence electrons. The number of likely N-dealkylation sites (tertiary alicyclic amines) is 1. The quantitative estimate of drug-likeness (QED) is 0.592. The summed E-state index contributed by atoms with van der Waals surface area (Å²) in [5.41, 5.74) is -2.87. The van der Waals surface area contributed by atoms with Crippen molar-refractivity contribution < 1.29 is 27.9 Å². The van der Waals surface area contributed by atoms with Crippen LogP contribution in [-0.4, -0.2) is 59.3 Å². The number of carbonyl (C=O) groups is 2. The fourth-order valence-electron chi connectivity index (χ4n) is 1.98. The Morgan fingerprint density at radius 3 is 2.62 bits per heavy atom. The number of nitrogens with one attached hydrogen (secondary N) is 1. The van der Waals surface area contributed by atoms with Crippen molar-refractivity contribution in [2.24, 2.45) is 5.41 Å².